The molecule has 3 rings (SSSR count). The minimum Gasteiger partial charge on any atom is -0.462 e. The SMILES string of the molecule is CCOC(=O)c1ccccc1N1CCN(C(=O)Nc2ccc(N(C)C)cc2)CC1. The van der Waals surface area contributed by atoms with Crippen molar-refractivity contribution < 1.29 is 14.3 Å². The summed E-state index contributed by atoms with van der Waals surface area (Å²) in [4.78, 5) is 30.8. The molecule has 29 heavy (non-hydrogen) atoms. The van der Waals surface area contributed by atoms with Gasteiger partial charge in [-0.15, -0.1) is 0 Å². The zero-order chi connectivity index (χ0) is 20.8. The normalized spacial score (nSPS) is 13.8. The van der Waals surface area contributed by atoms with Crippen LogP contribution in [-0.2, 0) is 4.74 Å². The lowest BCUT2D eigenvalue weighted by Gasteiger charge is -2.36. The van der Waals surface area contributed by atoms with Crippen molar-refractivity contribution in [3.8, 4) is 0 Å². The molecule has 1 saturated heterocycles. The average Bonchev–Trinajstić information content (AvgIpc) is 2.74. The zero-order valence-corrected chi connectivity index (χ0v) is 17.2. The molecule has 2 aromatic carbocycles. The predicted octanol–water partition coefficient (Wildman–Crippen LogP) is 3.28. The van der Waals surface area contributed by atoms with E-state index in [4.69, 9.17) is 4.74 Å². The number of benzene rings is 2. The Kier molecular flexibility index (Phi) is 6.59. The van der Waals surface area contributed by atoms with Gasteiger partial charge >= 0.3 is 12.0 Å². The third-order valence-corrected chi connectivity index (χ3v) is 4.94. The number of urea groups is 1. The van der Waals surface area contributed by atoms with Crippen LogP contribution in [-0.4, -0.2) is 63.8 Å². The topological polar surface area (TPSA) is 65.1 Å². The lowest BCUT2D eigenvalue weighted by Crippen LogP contribution is -2.50. The van der Waals surface area contributed by atoms with E-state index in [1.807, 2.05) is 61.5 Å². The monoisotopic (exact) mass is 396 g/mol. The first-order valence-corrected chi connectivity index (χ1v) is 9.84. The molecule has 7 heteroatoms. The summed E-state index contributed by atoms with van der Waals surface area (Å²) in [6.45, 7) is 4.62. The molecule has 0 bridgehead atoms. The van der Waals surface area contributed by atoms with Crippen LogP contribution in [0.1, 0.15) is 17.3 Å². The van der Waals surface area contributed by atoms with Gasteiger partial charge in [0.15, 0.2) is 0 Å². The summed E-state index contributed by atoms with van der Waals surface area (Å²) in [7, 11) is 3.96. The standard InChI is InChI=1S/C22H28N4O3/c1-4-29-21(27)19-7-5-6-8-20(19)25-13-15-26(16-14-25)22(28)23-17-9-11-18(12-10-17)24(2)3/h5-12H,4,13-16H2,1-3H3,(H,23,28). The Bertz CT molecular complexity index is 843. The minimum atomic E-state index is -0.315. The third-order valence-electron chi connectivity index (χ3n) is 4.94. The van der Waals surface area contributed by atoms with Crippen molar-refractivity contribution in [2.45, 2.75) is 6.92 Å². The Morgan fingerprint density at radius 2 is 1.66 bits per heavy atom. The summed E-state index contributed by atoms with van der Waals surface area (Å²) in [6, 6.07) is 15.1. The summed E-state index contributed by atoms with van der Waals surface area (Å²) in [6.07, 6.45) is 0. The number of esters is 1. The molecule has 0 aliphatic carbocycles. The second-order valence-corrected chi connectivity index (χ2v) is 7.08. The first-order valence-electron chi connectivity index (χ1n) is 9.84. The molecule has 1 aliphatic heterocycles. The van der Waals surface area contributed by atoms with Crippen LogP contribution in [0.25, 0.3) is 0 Å². The molecule has 0 unspecified atom stereocenters. The average molecular weight is 396 g/mol. The summed E-state index contributed by atoms with van der Waals surface area (Å²) < 4.78 is 5.17. The highest BCUT2D eigenvalue weighted by Crippen LogP contribution is 2.23. The number of anilines is 3. The van der Waals surface area contributed by atoms with Gasteiger partial charge in [0.2, 0.25) is 0 Å². The zero-order valence-electron chi connectivity index (χ0n) is 17.2. The molecule has 1 fully saturated rings. The first-order chi connectivity index (χ1) is 14.0. The summed E-state index contributed by atoms with van der Waals surface area (Å²) >= 11 is 0. The quantitative estimate of drug-likeness (QED) is 0.786. The van der Waals surface area contributed by atoms with Crippen LogP contribution in [0, 0.1) is 0 Å². The molecule has 0 radical (unpaired) electrons. The minimum absolute atomic E-state index is 0.110. The maximum absolute atomic E-state index is 12.6. The summed E-state index contributed by atoms with van der Waals surface area (Å²) in [5.41, 5.74) is 3.27. The van der Waals surface area contributed by atoms with Crippen molar-refractivity contribution >= 4 is 29.1 Å². The smallest absolute Gasteiger partial charge is 0.340 e. The van der Waals surface area contributed by atoms with Gasteiger partial charge in [-0.2, -0.15) is 0 Å². The highest BCUT2D eigenvalue weighted by Gasteiger charge is 2.24. The molecule has 7 nitrogen and oxygen atoms in total. The molecular formula is C22H28N4O3. The van der Waals surface area contributed by atoms with Crippen molar-refractivity contribution in [1.82, 2.24) is 4.90 Å². The highest BCUT2D eigenvalue weighted by molar-refractivity contribution is 5.96. The van der Waals surface area contributed by atoms with Crippen molar-refractivity contribution in [2.75, 3.05) is 62.0 Å². The molecule has 0 saturated carbocycles. The maximum atomic E-state index is 12.6. The van der Waals surface area contributed by atoms with Crippen molar-refractivity contribution in [2.24, 2.45) is 0 Å². The number of rotatable bonds is 5. The molecule has 1 aliphatic rings. The van der Waals surface area contributed by atoms with Gasteiger partial charge in [-0.25, -0.2) is 9.59 Å². The van der Waals surface area contributed by atoms with Gasteiger partial charge in [0, 0.05) is 51.6 Å². The fraction of sp³-hybridized carbons (Fsp3) is 0.364. The van der Waals surface area contributed by atoms with E-state index in [1.165, 1.54) is 0 Å². The second-order valence-electron chi connectivity index (χ2n) is 7.08. The second kappa shape index (κ2) is 9.32. The predicted molar refractivity (Wildman–Crippen MR) is 116 cm³/mol. The van der Waals surface area contributed by atoms with E-state index in [0.717, 1.165) is 17.1 Å². The van der Waals surface area contributed by atoms with Crippen LogP contribution in [0.2, 0.25) is 0 Å². The molecule has 0 spiro atoms. The van der Waals surface area contributed by atoms with Gasteiger partial charge in [-0.05, 0) is 43.3 Å². The number of hydrogen-bond acceptors (Lipinski definition) is 5. The number of carbonyl (C=O) groups excluding carboxylic acids is 2. The number of para-hydroxylation sites is 1. The fourth-order valence-corrected chi connectivity index (χ4v) is 3.33. The Hall–Kier alpha value is -3.22. The van der Waals surface area contributed by atoms with E-state index in [0.29, 0.717) is 38.3 Å². The molecular weight excluding hydrogens is 368 g/mol. The number of nitrogens with one attached hydrogen (secondary N) is 1. The number of amides is 2. The largest absolute Gasteiger partial charge is 0.462 e. The molecule has 154 valence electrons. The van der Waals surface area contributed by atoms with Gasteiger partial charge in [0.05, 0.1) is 17.9 Å². The van der Waals surface area contributed by atoms with Crippen LogP contribution in [0.15, 0.2) is 48.5 Å². The Balaban J connectivity index is 1.59. The number of piperazine rings is 1. The Labute approximate surface area is 171 Å². The maximum Gasteiger partial charge on any atom is 0.340 e. The first kappa shape index (κ1) is 20.5. The van der Waals surface area contributed by atoms with Crippen molar-refractivity contribution in [1.29, 1.82) is 0 Å². The molecule has 0 aromatic heterocycles. The van der Waals surface area contributed by atoms with Crippen molar-refractivity contribution in [3.63, 3.8) is 0 Å². The van der Waals surface area contributed by atoms with E-state index >= 15 is 0 Å². The van der Waals surface area contributed by atoms with Crippen molar-refractivity contribution in [3.05, 3.63) is 54.1 Å². The Morgan fingerprint density at radius 1 is 1.00 bits per heavy atom. The fourth-order valence-electron chi connectivity index (χ4n) is 3.33. The van der Waals surface area contributed by atoms with E-state index in [2.05, 4.69) is 10.2 Å². The van der Waals surface area contributed by atoms with E-state index < -0.39 is 0 Å². The van der Waals surface area contributed by atoms with Gasteiger partial charge in [0.1, 0.15) is 0 Å². The molecule has 2 aromatic rings. The summed E-state index contributed by atoms with van der Waals surface area (Å²) in [5.74, 6) is -0.315. The molecule has 2 amide bonds. The third kappa shape index (κ3) is 4.99. The van der Waals surface area contributed by atoms with E-state index in [1.54, 1.807) is 17.9 Å². The lowest BCUT2D eigenvalue weighted by molar-refractivity contribution is 0.0527. The van der Waals surface area contributed by atoms with Crippen LogP contribution in [0.4, 0.5) is 21.9 Å². The van der Waals surface area contributed by atoms with Crippen LogP contribution < -0.4 is 15.1 Å². The van der Waals surface area contributed by atoms with E-state index in [9.17, 15) is 9.59 Å². The number of carbonyl (C=O) groups is 2. The van der Waals surface area contributed by atoms with Gasteiger partial charge < -0.3 is 24.8 Å². The van der Waals surface area contributed by atoms with Crippen LogP contribution in [0.5, 0.6) is 0 Å². The molecule has 1 heterocycles. The summed E-state index contributed by atoms with van der Waals surface area (Å²) in [5, 5.41) is 2.95. The lowest BCUT2D eigenvalue weighted by atomic mass is 10.1. The van der Waals surface area contributed by atoms with Gasteiger partial charge in [0.25, 0.3) is 0 Å². The number of ether oxygens (including phenoxy) is 1. The molecule has 0 atom stereocenters. The number of hydrogen-bond donors (Lipinski definition) is 1. The highest BCUT2D eigenvalue weighted by atomic mass is 16.5. The van der Waals surface area contributed by atoms with Crippen LogP contribution in [0.3, 0.4) is 0 Å². The van der Waals surface area contributed by atoms with Gasteiger partial charge in [-0.3, -0.25) is 0 Å². The van der Waals surface area contributed by atoms with Crippen LogP contribution >= 0.6 is 0 Å². The van der Waals surface area contributed by atoms with E-state index in [-0.39, 0.29) is 12.0 Å². The molecule has 1 N–H and O–H groups in total. The number of nitrogens with zero attached hydrogens (tertiary/aromatic N) is 3. The van der Waals surface area contributed by atoms with Gasteiger partial charge in [-0.1, -0.05) is 12.1 Å². The Morgan fingerprint density at radius 3 is 2.28 bits per heavy atom.